The van der Waals surface area contributed by atoms with E-state index >= 15 is 0 Å². The number of carbonyl (C=O) groups is 1. The van der Waals surface area contributed by atoms with Crippen LogP contribution in [0.3, 0.4) is 0 Å². The van der Waals surface area contributed by atoms with E-state index < -0.39 is 0 Å². The van der Waals surface area contributed by atoms with Gasteiger partial charge >= 0.3 is 0 Å². The van der Waals surface area contributed by atoms with Crippen molar-refractivity contribution in [2.45, 2.75) is 26.2 Å². The molecule has 0 fully saturated rings. The van der Waals surface area contributed by atoms with Crippen LogP contribution in [0.5, 0.6) is 0 Å². The Balaban J connectivity index is 0.00000361. The predicted molar refractivity (Wildman–Crippen MR) is 90.5 cm³/mol. The second-order valence-electron chi connectivity index (χ2n) is 5.57. The third-order valence-corrected chi connectivity index (χ3v) is 3.76. The summed E-state index contributed by atoms with van der Waals surface area (Å²) in [6, 6.07) is 8.22. The standard InChI is InChI=1S/C15H23BrN2O.ClH/c1-11(9-17-4)14(19)18-10-15(2,3)12-6-5-7-13(16)8-12;/h5-8,11,17H,9-10H2,1-4H3,(H,18,19);1H. The van der Waals surface area contributed by atoms with Gasteiger partial charge in [-0.1, -0.05) is 48.8 Å². The highest BCUT2D eigenvalue weighted by molar-refractivity contribution is 9.10. The van der Waals surface area contributed by atoms with Crippen molar-refractivity contribution in [1.82, 2.24) is 10.6 Å². The molecule has 1 aromatic rings. The number of halogens is 2. The zero-order chi connectivity index (χ0) is 14.5. The Labute approximate surface area is 136 Å². The van der Waals surface area contributed by atoms with Crippen molar-refractivity contribution < 1.29 is 4.79 Å². The van der Waals surface area contributed by atoms with Gasteiger partial charge in [-0.15, -0.1) is 12.4 Å². The second kappa shape index (κ2) is 8.65. The molecule has 3 nitrogen and oxygen atoms in total. The molecule has 1 rings (SSSR count). The number of hydrogen-bond donors (Lipinski definition) is 2. The number of benzene rings is 1. The minimum absolute atomic E-state index is 0. The van der Waals surface area contributed by atoms with Crippen molar-refractivity contribution in [2.75, 3.05) is 20.1 Å². The van der Waals surface area contributed by atoms with Gasteiger partial charge in [0.2, 0.25) is 5.91 Å². The van der Waals surface area contributed by atoms with Crippen molar-refractivity contribution in [3.63, 3.8) is 0 Å². The fraction of sp³-hybridized carbons (Fsp3) is 0.533. The summed E-state index contributed by atoms with van der Waals surface area (Å²) >= 11 is 3.48. The van der Waals surface area contributed by atoms with E-state index in [4.69, 9.17) is 0 Å². The molecule has 1 aromatic carbocycles. The van der Waals surface area contributed by atoms with Crippen LogP contribution in [0.4, 0.5) is 0 Å². The third-order valence-electron chi connectivity index (χ3n) is 3.27. The summed E-state index contributed by atoms with van der Waals surface area (Å²) in [5, 5.41) is 6.05. The molecule has 0 aliphatic carbocycles. The molecule has 0 heterocycles. The summed E-state index contributed by atoms with van der Waals surface area (Å²) in [6.45, 7) is 7.53. The van der Waals surface area contributed by atoms with Crippen LogP contribution in [0.25, 0.3) is 0 Å². The van der Waals surface area contributed by atoms with Gasteiger partial charge in [-0.05, 0) is 24.7 Å². The minimum Gasteiger partial charge on any atom is -0.355 e. The van der Waals surface area contributed by atoms with Gasteiger partial charge in [0.25, 0.3) is 0 Å². The highest BCUT2D eigenvalue weighted by atomic mass is 79.9. The van der Waals surface area contributed by atoms with Crippen LogP contribution in [0, 0.1) is 5.92 Å². The molecule has 1 amide bonds. The summed E-state index contributed by atoms with van der Waals surface area (Å²) < 4.78 is 1.06. The van der Waals surface area contributed by atoms with Gasteiger partial charge in [-0.25, -0.2) is 0 Å². The van der Waals surface area contributed by atoms with E-state index in [1.54, 1.807) is 0 Å². The molecule has 0 aromatic heterocycles. The Kier molecular flexibility index (Phi) is 8.40. The summed E-state index contributed by atoms with van der Waals surface area (Å²) in [7, 11) is 1.86. The largest absolute Gasteiger partial charge is 0.355 e. The smallest absolute Gasteiger partial charge is 0.224 e. The van der Waals surface area contributed by atoms with Gasteiger partial charge in [0.05, 0.1) is 0 Å². The first-order valence-electron chi connectivity index (χ1n) is 6.55. The van der Waals surface area contributed by atoms with Crippen LogP contribution in [-0.4, -0.2) is 26.0 Å². The Morgan fingerprint density at radius 3 is 2.60 bits per heavy atom. The molecular formula is C15H24BrClN2O. The van der Waals surface area contributed by atoms with E-state index in [0.717, 1.165) is 4.47 Å². The van der Waals surface area contributed by atoms with Crippen molar-refractivity contribution in [2.24, 2.45) is 5.92 Å². The minimum atomic E-state index is -0.0845. The topological polar surface area (TPSA) is 41.1 Å². The highest BCUT2D eigenvalue weighted by Crippen LogP contribution is 2.25. The monoisotopic (exact) mass is 362 g/mol. The van der Waals surface area contributed by atoms with Gasteiger partial charge < -0.3 is 10.6 Å². The zero-order valence-corrected chi connectivity index (χ0v) is 14.9. The number of hydrogen-bond acceptors (Lipinski definition) is 2. The molecule has 0 spiro atoms. The lowest BCUT2D eigenvalue weighted by atomic mass is 9.84. The second-order valence-corrected chi connectivity index (χ2v) is 6.49. The molecule has 114 valence electrons. The first-order valence-corrected chi connectivity index (χ1v) is 7.34. The van der Waals surface area contributed by atoms with E-state index in [1.165, 1.54) is 5.56 Å². The van der Waals surface area contributed by atoms with Crippen LogP contribution in [0.15, 0.2) is 28.7 Å². The van der Waals surface area contributed by atoms with Crippen LogP contribution in [0.1, 0.15) is 26.3 Å². The van der Waals surface area contributed by atoms with E-state index in [-0.39, 0.29) is 29.6 Å². The van der Waals surface area contributed by atoms with Crippen molar-refractivity contribution >= 4 is 34.2 Å². The van der Waals surface area contributed by atoms with Crippen molar-refractivity contribution in [1.29, 1.82) is 0 Å². The van der Waals surface area contributed by atoms with E-state index in [1.807, 2.05) is 26.1 Å². The quantitative estimate of drug-likeness (QED) is 0.815. The van der Waals surface area contributed by atoms with Crippen molar-refractivity contribution in [3.8, 4) is 0 Å². The van der Waals surface area contributed by atoms with Gasteiger partial charge in [-0.2, -0.15) is 0 Å². The molecule has 20 heavy (non-hydrogen) atoms. The summed E-state index contributed by atoms with van der Waals surface area (Å²) in [5.74, 6) is 0.0840. The Morgan fingerprint density at radius 2 is 2.05 bits per heavy atom. The summed E-state index contributed by atoms with van der Waals surface area (Å²) in [5.41, 5.74) is 1.13. The molecule has 1 atom stereocenters. The molecular weight excluding hydrogens is 340 g/mol. The van der Waals surface area contributed by atoms with Gasteiger partial charge in [0.1, 0.15) is 0 Å². The Morgan fingerprint density at radius 1 is 1.40 bits per heavy atom. The van der Waals surface area contributed by atoms with E-state index in [0.29, 0.717) is 13.1 Å². The molecule has 0 aliphatic heterocycles. The summed E-state index contributed by atoms with van der Waals surface area (Å²) in [6.07, 6.45) is 0. The fourth-order valence-corrected chi connectivity index (χ4v) is 2.29. The lowest BCUT2D eigenvalue weighted by Crippen LogP contribution is -2.41. The molecule has 2 N–H and O–H groups in total. The van der Waals surface area contributed by atoms with Crippen LogP contribution >= 0.6 is 28.3 Å². The van der Waals surface area contributed by atoms with Crippen LogP contribution < -0.4 is 10.6 Å². The summed E-state index contributed by atoms with van der Waals surface area (Å²) in [4.78, 5) is 11.9. The Bertz CT molecular complexity index is 438. The first kappa shape index (κ1) is 19.4. The maximum absolute atomic E-state index is 11.9. The average molecular weight is 364 g/mol. The number of rotatable bonds is 6. The molecule has 0 aliphatic rings. The molecule has 0 bridgehead atoms. The van der Waals surface area contributed by atoms with Crippen LogP contribution in [0.2, 0.25) is 0 Å². The Hall–Kier alpha value is -0.580. The number of nitrogens with one attached hydrogen (secondary N) is 2. The van der Waals surface area contributed by atoms with Gasteiger partial charge in [0.15, 0.2) is 0 Å². The highest BCUT2D eigenvalue weighted by Gasteiger charge is 2.22. The molecule has 0 saturated heterocycles. The normalized spacial score (nSPS) is 12.4. The van der Waals surface area contributed by atoms with E-state index in [2.05, 4.69) is 52.5 Å². The van der Waals surface area contributed by atoms with Crippen LogP contribution in [-0.2, 0) is 10.2 Å². The number of amides is 1. The molecule has 0 radical (unpaired) electrons. The predicted octanol–water partition coefficient (Wildman–Crippen LogP) is 3.12. The van der Waals surface area contributed by atoms with Gasteiger partial charge in [-0.3, -0.25) is 4.79 Å². The van der Waals surface area contributed by atoms with Crippen molar-refractivity contribution in [3.05, 3.63) is 34.3 Å². The lowest BCUT2D eigenvalue weighted by Gasteiger charge is -2.26. The number of carbonyl (C=O) groups excluding carboxylic acids is 1. The first-order chi connectivity index (χ1) is 8.86. The maximum Gasteiger partial charge on any atom is 0.224 e. The van der Waals surface area contributed by atoms with Gasteiger partial charge in [0, 0.05) is 28.9 Å². The lowest BCUT2D eigenvalue weighted by molar-refractivity contribution is -0.124. The average Bonchev–Trinajstić information content (AvgIpc) is 2.36. The molecule has 0 saturated carbocycles. The SMILES string of the molecule is CNCC(C)C(=O)NCC(C)(C)c1cccc(Br)c1.Cl. The maximum atomic E-state index is 11.9. The molecule has 1 unspecified atom stereocenters. The zero-order valence-electron chi connectivity index (χ0n) is 12.5. The van der Waals surface area contributed by atoms with E-state index in [9.17, 15) is 4.79 Å². The third kappa shape index (κ3) is 5.81. The fourth-order valence-electron chi connectivity index (χ4n) is 1.89. The molecule has 5 heteroatoms.